The zero-order valence-electron chi connectivity index (χ0n) is 16.7. The van der Waals surface area contributed by atoms with E-state index in [-0.39, 0.29) is 5.91 Å². The minimum atomic E-state index is 0.0155. The van der Waals surface area contributed by atoms with Gasteiger partial charge >= 0.3 is 0 Å². The standard InChI is InChI=1S/C20H27N5O3S/c1-27-17-6-2-15(3-7-17)8-9-21-18(26)14-29-20-23-22-19(25(20)16-4-5-16)24-10-12-28-13-11-24/h2-3,6-7,16H,4-5,8-14H2,1H3,(H,21,26). The van der Waals surface area contributed by atoms with Crippen LogP contribution in [0.25, 0.3) is 0 Å². The number of thioether (sulfide) groups is 1. The Hall–Kier alpha value is -2.26. The molecule has 1 amide bonds. The summed E-state index contributed by atoms with van der Waals surface area (Å²) >= 11 is 1.46. The van der Waals surface area contributed by atoms with Crippen LogP contribution in [0.2, 0.25) is 0 Å². The largest absolute Gasteiger partial charge is 0.497 e. The summed E-state index contributed by atoms with van der Waals surface area (Å²) < 4.78 is 12.8. The van der Waals surface area contributed by atoms with Crippen molar-refractivity contribution in [3.63, 3.8) is 0 Å². The highest BCUT2D eigenvalue weighted by molar-refractivity contribution is 7.99. The number of nitrogens with zero attached hydrogens (tertiary/aromatic N) is 4. The number of methoxy groups -OCH3 is 1. The van der Waals surface area contributed by atoms with Crippen LogP contribution >= 0.6 is 11.8 Å². The van der Waals surface area contributed by atoms with Crippen LogP contribution in [0.15, 0.2) is 29.4 Å². The van der Waals surface area contributed by atoms with E-state index in [9.17, 15) is 4.79 Å². The Bertz CT molecular complexity index is 816. The lowest BCUT2D eigenvalue weighted by Crippen LogP contribution is -2.38. The molecule has 1 aromatic carbocycles. The first kappa shape index (κ1) is 20.0. The highest BCUT2D eigenvalue weighted by Gasteiger charge is 2.32. The molecule has 2 aliphatic rings. The molecule has 0 spiro atoms. The van der Waals surface area contributed by atoms with E-state index >= 15 is 0 Å². The SMILES string of the molecule is COc1ccc(CCNC(=O)CSc2nnc(N3CCOCC3)n2C2CC2)cc1. The van der Waals surface area contributed by atoms with Crippen LogP contribution in [0, 0.1) is 0 Å². The molecule has 1 aromatic heterocycles. The highest BCUT2D eigenvalue weighted by atomic mass is 32.2. The van der Waals surface area contributed by atoms with Gasteiger partial charge in [0, 0.05) is 25.7 Å². The molecule has 29 heavy (non-hydrogen) atoms. The van der Waals surface area contributed by atoms with Crippen molar-refractivity contribution in [1.29, 1.82) is 0 Å². The average molecular weight is 418 g/mol. The molecule has 9 heteroatoms. The van der Waals surface area contributed by atoms with Gasteiger partial charge in [-0.3, -0.25) is 9.36 Å². The fourth-order valence-corrected chi connectivity index (χ4v) is 4.15. The van der Waals surface area contributed by atoms with E-state index in [1.165, 1.54) is 17.3 Å². The Labute approximate surface area is 175 Å². The Morgan fingerprint density at radius 3 is 2.69 bits per heavy atom. The van der Waals surface area contributed by atoms with Gasteiger partial charge in [0.05, 0.1) is 26.1 Å². The zero-order chi connectivity index (χ0) is 20.1. The summed E-state index contributed by atoms with van der Waals surface area (Å²) in [4.78, 5) is 14.5. The second-order valence-corrected chi connectivity index (χ2v) is 8.16. The van der Waals surface area contributed by atoms with Gasteiger partial charge in [-0.2, -0.15) is 0 Å². The number of rotatable bonds is 9. The van der Waals surface area contributed by atoms with Crippen molar-refractivity contribution in [2.75, 3.05) is 50.6 Å². The molecular formula is C20H27N5O3S. The van der Waals surface area contributed by atoms with Gasteiger partial charge in [-0.25, -0.2) is 0 Å². The van der Waals surface area contributed by atoms with Crippen LogP contribution in [-0.2, 0) is 16.0 Å². The Morgan fingerprint density at radius 2 is 2.00 bits per heavy atom. The third kappa shape index (κ3) is 5.22. The van der Waals surface area contributed by atoms with Crippen molar-refractivity contribution in [3.05, 3.63) is 29.8 Å². The van der Waals surface area contributed by atoms with Crippen LogP contribution < -0.4 is 15.0 Å². The predicted octanol–water partition coefficient (Wildman–Crippen LogP) is 1.91. The van der Waals surface area contributed by atoms with Gasteiger partial charge in [-0.05, 0) is 37.0 Å². The summed E-state index contributed by atoms with van der Waals surface area (Å²) in [6.07, 6.45) is 3.09. The molecule has 0 radical (unpaired) electrons. The fourth-order valence-electron chi connectivity index (χ4n) is 3.32. The minimum absolute atomic E-state index is 0.0155. The summed E-state index contributed by atoms with van der Waals surface area (Å²) in [5.41, 5.74) is 1.17. The molecule has 1 aliphatic carbocycles. The first-order chi connectivity index (χ1) is 14.2. The van der Waals surface area contributed by atoms with Gasteiger partial charge < -0.3 is 19.7 Å². The molecule has 1 N–H and O–H groups in total. The molecular weight excluding hydrogens is 390 g/mol. The molecule has 0 atom stereocenters. The number of carbonyl (C=O) groups excluding carboxylic acids is 1. The van der Waals surface area contributed by atoms with E-state index in [1.807, 2.05) is 24.3 Å². The van der Waals surface area contributed by atoms with E-state index in [2.05, 4.69) is 25.0 Å². The molecule has 0 bridgehead atoms. The minimum Gasteiger partial charge on any atom is -0.497 e. The monoisotopic (exact) mass is 417 g/mol. The zero-order valence-corrected chi connectivity index (χ0v) is 17.5. The Morgan fingerprint density at radius 1 is 1.24 bits per heavy atom. The second-order valence-electron chi connectivity index (χ2n) is 7.22. The fraction of sp³-hybridized carbons (Fsp3) is 0.550. The molecule has 1 saturated carbocycles. The number of hydrogen-bond donors (Lipinski definition) is 1. The summed E-state index contributed by atoms with van der Waals surface area (Å²) in [6, 6.07) is 8.37. The first-order valence-electron chi connectivity index (χ1n) is 10.0. The van der Waals surface area contributed by atoms with Crippen LogP contribution in [0.4, 0.5) is 5.95 Å². The number of anilines is 1. The van der Waals surface area contributed by atoms with Gasteiger partial charge in [-0.1, -0.05) is 23.9 Å². The Kier molecular flexibility index (Phi) is 6.56. The lowest BCUT2D eigenvalue weighted by Gasteiger charge is -2.27. The molecule has 1 aliphatic heterocycles. The highest BCUT2D eigenvalue weighted by Crippen LogP contribution is 2.41. The maximum Gasteiger partial charge on any atom is 0.230 e. The van der Waals surface area contributed by atoms with Gasteiger partial charge in [0.25, 0.3) is 0 Å². The van der Waals surface area contributed by atoms with Crippen molar-refractivity contribution in [2.24, 2.45) is 0 Å². The van der Waals surface area contributed by atoms with Crippen LogP contribution in [0.3, 0.4) is 0 Å². The number of ether oxygens (including phenoxy) is 2. The van der Waals surface area contributed by atoms with Crippen molar-refractivity contribution in [2.45, 2.75) is 30.5 Å². The number of benzene rings is 1. The number of hydrogen-bond acceptors (Lipinski definition) is 7. The number of aromatic nitrogens is 3. The normalized spacial score (nSPS) is 16.7. The number of carbonyl (C=O) groups is 1. The summed E-state index contributed by atoms with van der Waals surface area (Å²) in [5.74, 6) is 2.11. The molecule has 2 aromatic rings. The topological polar surface area (TPSA) is 81.5 Å². The van der Waals surface area contributed by atoms with Crippen molar-refractivity contribution >= 4 is 23.6 Å². The maximum atomic E-state index is 12.3. The number of amides is 1. The molecule has 1 saturated heterocycles. The van der Waals surface area contributed by atoms with E-state index in [0.717, 1.165) is 62.4 Å². The van der Waals surface area contributed by atoms with E-state index < -0.39 is 0 Å². The van der Waals surface area contributed by atoms with Crippen molar-refractivity contribution in [1.82, 2.24) is 20.1 Å². The first-order valence-corrected chi connectivity index (χ1v) is 11.0. The average Bonchev–Trinajstić information content (AvgIpc) is 3.52. The lowest BCUT2D eigenvalue weighted by atomic mass is 10.1. The molecule has 2 heterocycles. The number of nitrogens with one attached hydrogen (secondary N) is 1. The van der Waals surface area contributed by atoms with Gasteiger partial charge in [0.15, 0.2) is 5.16 Å². The summed E-state index contributed by atoms with van der Waals surface area (Å²) in [7, 11) is 1.65. The molecule has 0 unspecified atom stereocenters. The summed E-state index contributed by atoms with van der Waals surface area (Å²) in [6.45, 7) is 3.72. The quantitative estimate of drug-likeness (QED) is 0.624. The van der Waals surface area contributed by atoms with E-state index in [1.54, 1.807) is 7.11 Å². The molecule has 8 nitrogen and oxygen atoms in total. The van der Waals surface area contributed by atoms with Gasteiger partial charge in [-0.15, -0.1) is 10.2 Å². The molecule has 4 rings (SSSR count). The third-order valence-corrected chi connectivity index (χ3v) is 6.02. The van der Waals surface area contributed by atoms with Crippen LogP contribution in [0.5, 0.6) is 5.75 Å². The van der Waals surface area contributed by atoms with E-state index in [0.29, 0.717) is 18.3 Å². The second kappa shape index (κ2) is 9.49. The van der Waals surface area contributed by atoms with Crippen molar-refractivity contribution in [3.8, 4) is 5.75 Å². The van der Waals surface area contributed by atoms with Crippen LogP contribution in [0.1, 0.15) is 24.4 Å². The van der Waals surface area contributed by atoms with Gasteiger partial charge in [0.2, 0.25) is 11.9 Å². The predicted molar refractivity (Wildman–Crippen MR) is 112 cm³/mol. The smallest absolute Gasteiger partial charge is 0.230 e. The molecule has 2 fully saturated rings. The summed E-state index contributed by atoms with van der Waals surface area (Å²) in [5, 5.41) is 12.6. The van der Waals surface area contributed by atoms with Gasteiger partial charge in [0.1, 0.15) is 5.75 Å². The lowest BCUT2D eigenvalue weighted by molar-refractivity contribution is -0.118. The third-order valence-electron chi connectivity index (χ3n) is 5.08. The maximum absolute atomic E-state index is 12.3. The van der Waals surface area contributed by atoms with E-state index in [4.69, 9.17) is 9.47 Å². The van der Waals surface area contributed by atoms with Crippen molar-refractivity contribution < 1.29 is 14.3 Å². The number of morpholine rings is 1. The van der Waals surface area contributed by atoms with Crippen LogP contribution in [-0.4, -0.2) is 66.4 Å². The molecule has 156 valence electrons. The Balaban J connectivity index is 1.27.